The smallest absolute Gasteiger partial charge is 0.320 e. The number of nitrogens with two attached hydrogens (primary N) is 1. The molecule has 0 aliphatic carbocycles. The summed E-state index contributed by atoms with van der Waals surface area (Å²) in [5.74, 6) is -2.46. The van der Waals surface area contributed by atoms with Crippen LogP contribution in [0.4, 0.5) is 5.69 Å². The van der Waals surface area contributed by atoms with Crippen LogP contribution in [0.15, 0.2) is 24.3 Å². The highest BCUT2D eigenvalue weighted by Gasteiger charge is 2.30. The zero-order valence-corrected chi connectivity index (χ0v) is 12.6. The van der Waals surface area contributed by atoms with Crippen molar-refractivity contribution in [3.8, 4) is 0 Å². The third kappa shape index (κ3) is 4.54. The second-order valence-electron chi connectivity index (χ2n) is 4.38. The fraction of sp³-hybridized carbons (Fsp3) is 0.385. The van der Waals surface area contributed by atoms with Gasteiger partial charge in [-0.1, -0.05) is 18.2 Å². The van der Waals surface area contributed by atoms with E-state index in [9.17, 15) is 18.0 Å². The molecule has 1 aromatic carbocycles. The molecule has 3 N–H and O–H groups in total. The first kappa shape index (κ1) is 17.1. The number of anilines is 1. The van der Waals surface area contributed by atoms with Gasteiger partial charge in [0.05, 0.1) is 7.11 Å². The second kappa shape index (κ2) is 7.19. The average molecular weight is 314 g/mol. The SMILES string of the molecule is COC(=O)CS(=O)(=O)C(C)C(=O)Nc1ccccc1CN. The van der Waals surface area contributed by atoms with E-state index in [1.54, 1.807) is 24.3 Å². The van der Waals surface area contributed by atoms with Crippen molar-refractivity contribution in [1.82, 2.24) is 0 Å². The number of esters is 1. The zero-order chi connectivity index (χ0) is 16.0. The normalized spacial score (nSPS) is 12.5. The van der Waals surface area contributed by atoms with E-state index in [-0.39, 0.29) is 6.54 Å². The fourth-order valence-corrected chi connectivity index (χ4v) is 2.65. The molecule has 0 saturated heterocycles. The number of benzene rings is 1. The minimum atomic E-state index is -3.93. The Bertz CT molecular complexity index is 627. The Morgan fingerprint density at radius 3 is 2.52 bits per heavy atom. The van der Waals surface area contributed by atoms with Gasteiger partial charge < -0.3 is 15.8 Å². The van der Waals surface area contributed by atoms with Crippen LogP contribution in [0.25, 0.3) is 0 Å². The maximum Gasteiger partial charge on any atom is 0.320 e. The van der Waals surface area contributed by atoms with Gasteiger partial charge in [-0.3, -0.25) is 9.59 Å². The second-order valence-corrected chi connectivity index (χ2v) is 6.70. The van der Waals surface area contributed by atoms with Crippen LogP contribution in [-0.4, -0.2) is 38.4 Å². The number of ether oxygens (including phenoxy) is 1. The lowest BCUT2D eigenvalue weighted by atomic mass is 10.2. The van der Waals surface area contributed by atoms with Crippen LogP contribution in [0, 0.1) is 0 Å². The quantitative estimate of drug-likeness (QED) is 0.717. The van der Waals surface area contributed by atoms with Crippen LogP contribution < -0.4 is 11.1 Å². The molecule has 8 heteroatoms. The van der Waals surface area contributed by atoms with Crippen molar-refractivity contribution in [1.29, 1.82) is 0 Å². The van der Waals surface area contributed by atoms with E-state index in [2.05, 4.69) is 10.1 Å². The number of methoxy groups -OCH3 is 1. The highest BCUT2D eigenvalue weighted by Crippen LogP contribution is 2.15. The standard InChI is InChI=1S/C13H18N2O5S/c1-9(21(18,19)8-12(16)20-2)13(17)15-11-6-4-3-5-10(11)7-14/h3-6,9H,7-8,14H2,1-2H3,(H,15,17). The monoisotopic (exact) mass is 314 g/mol. The number of amides is 1. The predicted octanol–water partition coefficient (Wildman–Crippen LogP) is 0.0601. The van der Waals surface area contributed by atoms with Crippen molar-refractivity contribution in [2.75, 3.05) is 18.2 Å². The topological polar surface area (TPSA) is 116 Å². The molecule has 1 amide bonds. The molecule has 21 heavy (non-hydrogen) atoms. The van der Waals surface area contributed by atoms with Crippen molar-refractivity contribution in [3.05, 3.63) is 29.8 Å². The minimum Gasteiger partial charge on any atom is -0.468 e. The Labute approximate surface area is 123 Å². The van der Waals surface area contributed by atoms with Gasteiger partial charge in [-0.25, -0.2) is 8.42 Å². The lowest BCUT2D eigenvalue weighted by Crippen LogP contribution is -2.36. The molecule has 1 aromatic rings. The van der Waals surface area contributed by atoms with Crippen LogP contribution >= 0.6 is 0 Å². The minimum absolute atomic E-state index is 0.208. The summed E-state index contributed by atoms with van der Waals surface area (Å²) in [5.41, 5.74) is 6.67. The summed E-state index contributed by atoms with van der Waals surface area (Å²) in [5, 5.41) is 1.14. The first-order valence-corrected chi connectivity index (χ1v) is 7.90. The Morgan fingerprint density at radius 1 is 1.33 bits per heavy atom. The largest absolute Gasteiger partial charge is 0.468 e. The van der Waals surface area contributed by atoms with E-state index in [1.807, 2.05) is 0 Å². The first-order chi connectivity index (χ1) is 9.81. The number of carbonyl (C=O) groups is 2. The van der Waals surface area contributed by atoms with Crippen LogP contribution in [0.2, 0.25) is 0 Å². The van der Waals surface area contributed by atoms with Crippen molar-refractivity contribution >= 4 is 27.4 Å². The van der Waals surface area contributed by atoms with Crippen LogP contribution in [0.5, 0.6) is 0 Å². The molecule has 1 unspecified atom stereocenters. The lowest BCUT2D eigenvalue weighted by molar-refractivity contribution is -0.137. The molecular formula is C13H18N2O5S. The first-order valence-electron chi connectivity index (χ1n) is 6.19. The maximum absolute atomic E-state index is 12.0. The summed E-state index contributed by atoms with van der Waals surface area (Å²) in [6, 6.07) is 6.81. The number of rotatable bonds is 6. The summed E-state index contributed by atoms with van der Waals surface area (Å²) in [7, 11) is -2.84. The molecular weight excluding hydrogens is 296 g/mol. The third-order valence-electron chi connectivity index (χ3n) is 2.95. The molecule has 1 atom stereocenters. The molecule has 0 bridgehead atoms. The van der Waals surface area contributed by atoms with Gasteiger partial charge in [0.1, 0.15) is 11.0 Å². The third-order valence-corrected chi connectivity index (χ3v) is 4.88. The summed E-state index contributed by atoms with van der Waals surface area (Å²) in [6.07, 6.45) is 0. The Hall–Kier alpha value is -1.93. The highest BCUT2D eigenvalue weighted by molar-refractivity contribution is 7.93. The lowest BCUT2D eigenvalue weighted by Gasteiger charge is -2.14. The number of sulfone groups is 1. The van der Waals surface area contributed by atoms with Crippen molar-refractivity contribution in [2.24, 2.45) is 5.73 Å². The summed E-state index contributed by atoms with van der Waals surface area (Å²) >= 11 is 0. The Morgan fingerprint density at radius 2 is 1.95 bits per heavy atom. The fourth-order valence-electron chi connectivity index (χ4n) is 1.57. The molecule has 7 nitrogen and oxygen atoms in total. The Balaban J connectivity index is 2.86. The molecule has 0 aromatic heterocycles. The molecule has 0 radical (unpaired) electrons. The summed E-state index contributed by atoms with van der Waals surface area (Å²) in [4.78, 5) is 23.1. The number of hydrogen-bond acceptors (Lipinski definition) is 6. The molecule has 116 valence electrons. The highest BCUT2D eigenvalue weighted by atomic mass is 32.2. The Kier molecular flexibility index (Phi) is 5.86. The molecule has 0 heterocycles. The molecule has 0 fully saturated rings. The van der Waals surface area contributed by atoms with E-state index < -0.39 is 32.7 Å². The van der Waals surface area contributed by atoms with Crippen molar-refractivity contribution in [2.45, 2.75) is 18.7 Å². The van der Waals surface area contributed by atoms with Gasteiger partial charge in [0.25, 0.3) is 0 Å². The maximum atomic E-state index is 12.0. The van der Waals surface area contributed by atoms with Crippen molar-refractivity contribution in [3.63, 3.8) is 0 Å². The van der Waals surface area contributed by atoms with Gasteiger partial charge in [0, 0.05) is 12.2 Å². The van der Waals surface area contributed by atoms with Gasteiger partial charge in [-0.2, -0.15) is 0 Å². The van der Waals surface area contributed by atoms with Crippen LogP contribution in [0.1, 0.15) is 12.5 Å². The van der Waals surface area contributed by atoms with Gasteiger partial charge in [0.2, 0.25) is 5.91 Å². The van der Waals surface area contributed by atoms with E-state index in [1.165, 1.54) is 6.92 Å². The molecule has 0 saturated carbocycles. The van der Waals surface area contributed by atoms with E-state index >= 15 is 0 Å². The van der Waals surface area contributed by atoms with E-state index in [4.69, 9.17) is 5.73 Å². The van der Waals surface area contributed by atoms with E-state index in [0.717, 1.165) is 7.11 Å². The number of carbonyl (C=O) groups excluding carboxylic acids is 2. The van der Waals surface area contributed by atoms with Crippen LogP contribution in [-0.2, 0) is 30.7 Å². The number of nitrogens with one attached hydrogen (secondary N) is 1. The molecule has 1 rings (SSSR count). The summed E-state index contributed by atoms with van der Waals surface area (Å²) < 4.78 is 28.1. The van der Waals surface area contributed by atoms with E-state index in [0.29, 0.717) is 11.3 Å². The average Bonchev–Trinajstić information content (AvgIpc) is 2.46. The van der Waals surface area contributed by atoms with Gasteiger partial charge in [0.15, 0.2) is 9.84 Å². The van der Waals surface area contributed by atoms with Gasteiger partial charge in [-0.15, -0.1) is 0 Å². The van der Waals surface area contributed by atoms with Gasteiger partial charge in [-0.05, 0) is 18.6 Å². The van der Waals surface area contributed by atoms with Crippen molar-refractivity contribution < 1.29 is 22.7 Å². The number of para-hydroxylation sites is 1. The molecule has 0 spiro atoms. The zero-order valence-electron chi connectivity index (χ0n) is 11.8. The van der Waals surface area contributed by atoms with Gasteiger partial charge >= 0.3 is 5.97 Å². The molecule has 0 aliphatic rings. The van der Waals surface area contributed by atoms with Crippen LogP contribution in [0.3, 0.4) is 0 Å². The molecule has 0 aliphatic heterocycles. The summed E-state index contributed by atoms with van der Waals surface area (Å²) in [6.45, 7) is 1.43. The number of hydrogen-bond donors (Lipinski definition) is 2. The predicted molar refractivity (Wildman–Crippen MR) is 78.2 cm³/mol.